The second kappa shape index (κ2) is 6.01. The smallest absolute Gasteiger partial charge is 0.276 e. The number of carbonyl (C=O) groups is 1. The highest BCUT2D eigenvalue weighted by molar-refractivity contribution is 8.14. The van der Waals surface area contributed by atoms with Crippen LogP contribution in [0.2, 0.25) is 0 Å². The summed E-state index contributed by atoms with van der Waals surface area (Å²) in [6.45, 7) is 3.69. The molecule has 0 fully saturated rings. The maximum atomic E-state index is 12.7. The lowest BCUT2D eigenvalue weighted by Gasteiger charge is -2.32. The van der Waals surface area contributed by atoms with Crippen molar-refractivity contribution in [3.05, 3.63) is 71.7 Å². The number of para-hydroxylation sites is 1. The van der Waals surface area contributed by atoms with Gasteiger partial charge in [-0.25, -0.2) is 10.0 Å². The highest BCUT2D eigenvalue weighted by Crippen LogP contribution is 2.30. The van der Waals surface area contributed by atoms with Crippen molar-refractivity contribution in [3.8, 4) is 0 Å². The van der Waals surface area contributed by atoms with E-state index in [9.17, 15) is 4.79 Å². The Balaban J connectivity index is 1.91. The summed E-state index contributed by atoms with van der Waals surface area (Å²) in [5.74, 6) is 1.09. The van der Waals surface area contributed by atoms with Gasteiger partial charge < -0.3 is 4.42 Å². The van der Waals surface area contributed by atoms with Crippen molar-refractivity contribution in [1.29, 1.82) is 0 Å². The van der Waals surface area contributed by atoms with Crippen LogP contribution in [0, 0.1) is 0 Å². The number of nitrogens with zero attached hydrogens (tertiary/aromatic N) is 3. The molecular weight excluding hydrogens is 324 g/mol. The molecule has 1 N–H and O–H groups in total. The van der Waals surface area contributed by atoms with Crippen molar-refractivity contribution in [3.63, 3.8) is 0 Å². The Morgan fingerprint density at radius 2 is 2.21 bits per heavy atom. The van der Waals surface area contributed by atoms with Gasteiger partial charge >= 0.3 is 0 Å². The topological polar surface area (TPSA) is 70.2 Å². The molecule has 1 atom stereocenters. The number of nitrogens with one attached hydrogen (secondary N) is 1. The van der Waals surface area contributed by atoms with E-state index in [4.69, 9.17) is 9.41 Å². The molecule has 1 amide bonds. The largest absolute Gasteiger partial charge is 0.465 e. The van der Waals surface area contributed by atoms with Crippen molar-refractivity contribution in [2.45, 2.75) is 6.17 Å². The van der Waals surface area contributed by atoms with Crippen LogP contribution < -0.4 is 15.9 Å². The molecule has 7 heteroatoms. The summed E-state index contributed by atoms with van der Waals surface area (Å²) >= 11 is 1.41. The van der Waals surface area contributed by atoms with Crippen molar-refractivity contribution < 1.29 is 9.21 Å². The third-order valence-corrected chi connectivity index (χ3v) is 4.51. The normalized spacial score (nSPS) is 18.9. The van der Waals surface area contributed by atoms with Gasteiger partial charge in [-0.05, 0) is 18.2 Å². The van der Waals surface area contributed by atoms with Crippen molar-refractivity contribution in [2.75, 3.05) is 5.75 Å². The summed E-state index contributed by atoms with van der Waals surface area (Å²) in [6, 6.07) is 11.2. The standard InChI is InChI=1S/C17H14N4O2S/c1-2-10-24-17-19-16(22)14-11-6-3-4-7-12(11)18-15(21(14)20-17)13-8-5-9-23-13/h2-9,15H,1,10H2,(H,19,20,22). The van der Waals surface area contributed by atoms with Gasteiger partial charge in [0.1, 0.15) is 11.5 Å². The Morgan fingerprint density at radius 1 is 1.33 bits per heavy atom. The minimum Gasteiger partial charge on any atom is -0.465 e. The molecule has 0 saturated carbocycles. The molecule has 4 rings (SSSR count). The molecule has 1 aromatic carbocycles. The van der Waals surface area contributed by atoms with E-state index in [2.05, 4.69) is 17.0 Å². The van der Waals surface area contributed by atoms with E-state index in [1.54, 1.807) is 23.4 Å². The van der Waals surface area contributed by atoms with Crippen LogP contribution in [0.4, 0.5) is 0 Å². The van der Waals surface area contributed by atoms with E-state index in [1.165, 1.54) is 11.8 Å². The average molecular weight is 338 g/mol. The minimum absolute atomic E-state index is 0.199. The number of rotatable bonds is 3. The Bertz CT molecular complexity index is 949. The fourth-order valence-electron chi connectivity index (χ4n) is 2.65. The van der Waals surface area contributed by atoms with Gasteiger partial charge in [-0.1, -0.05) is 36.0 Å². The number of amidine groups is 1. The van der Waals surface area contributed by atoms with Gasteiger partial charge in [0.15, 0.2) is 5.17 Å². The molecule has 0 saturated heterocycles. The maximum Gasteiger partial charge on any atom is 0.276 e. The monoisotopic (exact) mass is 338 g/mol. The number of fused-ring (bicyclic) bond motifs is 2. The third kappa shape index (κ3) is 2.43. The van der Waals surface area contributed by atoms with Crippen LogP contribution in [-0.2, 0) is 4.79 Å². The number of thioether (sulfide) groups is 1. The van der Waals surface area contributed by atoms with E-state index in [0.717, 1.165) is 10.6 Å². The molecular formula is C17H14N4O2S. The lowest BCUT2D eigenvalue weighted by atomic mass is 10.1. The summed E-state index contributed by atoms with van der Waals surface area (Å²) in [5.41, 5.74) is 0.477. The van der Waals surface area contributed by atoms with Crippen LogP contribution in [-0.4, -0.2) is 21.8 Å². The number of hydrogen-bond acceptors (Lipinski definition) is 6. The van der Waals surface area contributed by atoms with Crippen LogP contribution in [0.15, 0.2) is 69.8 Å². The fraction of sp³-hybridized carbons (Fsp3) is 0.118. The first kappa shape index (κ1) is 14.8. The third-order valence-electron chi connectivity index (χ3n) is 3.65. The van der Waals surface area contributed by atoms with Gasteiger partial charge in [-0.15, -0.1) is 11.7 Å². The van der Waals surface area contributed by atoms with Gasteiger partial charge in [0, 0.05) is 11.0 Å². The minimum atomic E-state index is -0.504. The average Bonchev–Trinajstić information content (AvgIpc) is 3.13. The number of hydrogen-bond donors (Lipinski definition) is 1. The Kier molecular flexibility index (Phi) is 3.70. The molecule has 0 radical (unpaired) electrons. The van der Waals surface area contributed by atoms with Crippen LogP contribution in [0.1, 0.15) is 11.9 Å². The summed E-state index contributed by atoms with van der Waals surface area (Å²) in [6.07, 6.45) is 2.85. The highest BCUT2D eigenvalue weighted by Gasteiger charge is 2.35. The second-order valence-corrected chi connectivity index (χ2v) is 6.20. The van der Waals surface area contributed by atoms with E-state index >= 15 is 0 Å². The number of amides is 1. The van der Waals surface area contributed by atoms with E-state index in [0.29, 0.717) is 22.4 Å². The zero-order valence-electron chi connectivity index (χ0n) is 12.7. The van der Waals surface area contributed by atoms with Crippen LogP contribution in [0.5, 0.6) is 0 Å². The molecule has 24 heavy (non-hydrogen) atoms. The summed E-state index contributed by atoms with van der Waals surface area (Å²) < 4.78 is 5.52. The Labute approximate surface area is 142 Å². The van der Waals surface area contributed by atoms with Gasteiger partial charge in [-0.2, -0.15) is 0 Å². The molecule has 3 heterocycles. The SMILES string of the molecule is C=CCSC1=NN2C(=c3ccccc3=NC2c2ccco2)C(=O)N1. The quantitative estimate of drug-likeness (QED) is 0.858. The van der Waals surface area contributed by atoms with Crippen molar-refractivity contribution >= 4 is 28.5 Å². The lowest BCUT2D eigenvalue weighted by Crippen LogP contribution is -2.50. The number of hydrazone groups is 1. The first-order valence-corrected chi connectivity index (χ1v) is 8.40. The van der Waals surface area contributed by atoms with Crippen LogP contribution >= 0.6 is 11.8 Å². The molecule has 2 aliphatic heterocycles. The number of furan rings is 1. The van der Waals surface area contributed by atoms with E-state index in [1.807, 2.05) is 30.3 Å². The van der Waals surface area contributed by atoms with Crippen molar-refractivity contribution in [2.24, 2.45) is 10.1 Å². The zero-order valence-corrected chi connectivity index (χ0v) is 13.5. The van der Waals surface area contributed by atoms with Gasteiger partial charge in [0.2, 0.25) is 6.17 Å². The summed E-state index contributed by atoms with van der Waals surface area (Å²) in [5, 5.41) is 11.1. The molecule has 0 spiro atoms. The van der Waals surface area contributed by atoms with E-state index < -0.39 is 6.17 Å². The second-order valence-electron chi connectivity index (χ2n) is 5.19. The van der Waals surface area contributed by atoms with Crippen LogP contribution in [0.3, 0.4) is 0 Å². The number of carbonyl (C=O) groups excluding carboxylic acids is 1. The Hall–Kier alpha value is -2.80. The van der Waals surface area contributed by atoms with E-state index in [-0.39, 0.29) is 5.91 Å². The molecule has 2 aliphatic rings. The lowest BCUT2D eigenvalue weighted by molar-refractivity contribution is -0.116. The molecule has 1 aromatic heterocycles. The van der Waals surface area contributed by atoms with Gasteiger partial charge in [0.25, 0.3) is 5.91 Å². The number of benzene rings is 1. The summed E-state index contributed by atoms with van der Waals surface area (Å²) in [4.78, 5) is 17.4. The predicted octanol–water partition coefficient (Wildman–Crippen LogP) is 1.34. The fourth-order valence-corrected chi connectivity index (χ4v) is 3.24. The molecule has 2 aromatic rings. The molecule has 120 valence electrons. The molecule has 1 unspecified atom stereocenters. The van der Waals surface area contributed by atoms with Crippen molar-refractivity contribution in [1.82, 2.24) is 10.3 Å². The maximum absolute atomic E-state index is 12.7. The first-order chi connectivity index (χ1) is 11.8. The predicted molar refractivity (Wildman–Crippen MR) is 92.2 cm³/mol. The Morgan fingerprint density at radius 3 is 3.00 bits per heavy atom. The molecule has 6 nitrogen and oxygen atoms in total. The zero-order chi connectivity index (χ0) is 16.5. The highest BCUT2D eigenvalue weighted by atomic mass is 32.2. The summed E-state index contributed by atoms with van der Waals surface area (Å²) in [7, 11) is 0. The molecule has 0 aliphatic carbocycles. The van der Waals surface area contributed by atoms with Gasteiger partial charge in [0.05, 0.1) is 11.6 Å². The van der Waals surface area contributed by atoms with Gasteiger partial charge in [-0.3, -0.25) is 10.1 Å². The van der Waals surface area contributed by atoms with Crippen LogP contribution in [0.25, 0.3) is 5.70 Å². The molecule has 0 bridgehead atoms. The first-order valence-electron chi connectivity index (χ1n) is 7.41.